The molecular formula is C76H130O6. The number of hydrogen-bond donors (Lipinski definition) is 0. The molecule has 0 amide bonds. The van der Waals surface area contributed by atoms with Crippen LogP contribution >= 0.6 is 0 Å². The molecule has 6 heteroatoms. The summed E-state index contributed by atoms with van der Waals surface area (Å²) in [5.41, 5.74) is 0. The van der Waals surface area contributed by atoms with Gasteiger partial charge in [0, 0.05) is 19.3 Å². The summed E-state index contributed by atoms with van der Waals surface area (Å²) in [5.74, 6) is -0.880. The van der Waals surface area contributed by atoms with Crippen LogP contribution in [0.2, 0.25) is 0 Å². The smallest absolute Gasteiger partial charge is 0.306 e. The van der Waals surface area contributed by atoms with Gasteiger partial charge >= 0.3 is 17.9 Å². The first-order chi connectivity index (χ1) is 40.5. The van der Waals surface area contributed by atoms with Crippen molar-refractivity contribution in [2.45, 2.75) is 341 Å². The van der Waals surface area contributed by atoms with E-state index >= 15 is 0 Å². The molecule has 6 nitrogen and oxygen atoms in total. The largest absolute Gasteiger partial charge is 0.462 e. The fraction of sp³-hybridized carbons (Fsp3) is 0.724. The maximum absolute atomic E-state index is 13.0. The van der Waals surface area contributed by atoms with Crippen LogP contribution < -0.4 is 0 Å². The molecule has 0 aliphatic heterocycles. The van der Waals surface area contributed by atoms with Crippen LogP contribution in [0.25, 0.3) is 0 Å². The van der Waals surface area contributed by atoms with Crippen molar-refractivity contribution in [1.29, 1.82) is 0 Å². The van der Waals surface area contributed by atoms with Crippen LogP contribution in [0, 0.1) is 0 Å². The van der Waals surface area contributed by atoms with Crippen LogP contribution in [0.15, 0.2) is 109 Å². The molecule has 82 heavy (non-hydrogen) atoms. The van der Waals surface area contributed by atoms with Crippen molar-refractivity contribution >= 4 is 17.9 Å². The summed E-state index contributed by atoms with van der Waals surface area (Å²) < 4.78 is 17.0. The standard InChI is InChI=1S/C76H130O6/c1-4-7-10-13-16-19-22-25-27-29-31-33-35-37-38-40-41-43-45-47-49-51-54-57-60-63-66-69-75(78)81-72-73(71-80-74(77)68-65-62-59-56-53-24-21-18-15-12-9-6-3)82-76(79)70-67-64-61-58-55-52-50-48-46-44-42-39-36-34-32-30-28-26-23-20-17-14-11-8-5-2/h7,10,16,19,23,25-27,30-33,36-39,41,43,73H,4-6,8-9,11-15,17-18,20-22,24,28-29,34-35,40,42,44-72H2,1-3H3/b10-7-,19-16-,26-23-,27-25-,32-30-,33-31-,38-37-,39-36-,43-41-. The summed E-state index contributed by atoms with van der Waals surface area (Å²) >= 11 is 0. The van der Waals surface area contributed by atoms with Gasteiger partial charge in [0.1, 0.15) is 13.2 Å². The molecule has 0 aliphatic carbocycles. The minimum absolute atomic E-state index is 0.0799. The second-order valence-electron chi connectivity index (χ2n) is 23.1. The van der Waals surface area contributed by atoms with E-state index < -0.39 is 6.10 Å². The van der Waals surface area contributed by atoms with Crippen molar-refractivity contribution < 1.29 is 28.6 Å². The fourth-order valence-electron chi connectivity index (χ4n) is 9.81. The molecule has 0 aliphatic rings. The van der Waals surface area contributed by atoms with E-state index in [-0.39, 0.29) is 31.1 Å². The van der Waals surface area contributed by atoms with Gasteiger partial charge in [-0.25, -0.2) is 0 Å². The Morgan fingerprint density at radius 1 is 0.256 bits per heavy atom. The molecule has 0 radical (unpaired) electrons. The zero-order valence-corrected chi connectivity index (χ0v) is 54.0. The lowest BCUT2D eigenvalue weighted by atomic mass is 10.0. The van der Waals surface area contributed by atoms with Gasteiger partial charge < -0.3 is 14.2 Å². The number of allylic oxidation sites excluding steroid dienone is 18. The molecule has 0 aromatic heterocycles. The van der Waals surface area contributed by atoms with Gasteiger partial charge in [0.25, 0.3) is 0 Å². The molecule has 0 N–H and O–H groups in total. The SMILES string of the molecule is CC/C=C\C/C=C\C/C=C\C/C=C\C/C=C\C/C=C\CCCCCCCCCCC(=O)OCC(COC(=O)CCCCCCCCCCCCCC)OC(=O)CCCCCCCCCCCC/C=C\C/C=C\C/C=C\CCCCCCC. The van der Waals surface area contributed by atoms with E-state index in [0.29, 0.717) is 19.3 Å². The third-order valence-corrected chi connectivity index (χ3v) is 15.0. The minimum atomic E-state index is -0.785. The Morgan fingerprint density at radius 3 is 0.744 bits per heavy atom. The zero-order chi connectivity index (χ0) is 59.2. The Labute approximate surface area is 508 Å². The summed E-state index contributed by atoms with van der Waals surface area (Å²) in [5, 5.41) is 0. The third-order valence-electron chi connectivity index (χ3n) is 15.0. The van der Waals surface area contributed by atoms with Crippen molar-refractivity contribution in [3.63, 3.8) is 0 Å². The van der Waals surface area contributed by atoms with Crippen molar-refractivity contribution in [2.24, 2.45) is 0 Å². The number of rotatable bonds is 63. The van der Waals surface area contributed by atoms with Crippen LogP contribution in [0.3, 0.4) is 0 Å². The molecule has 0 fully saturated rings. The lowest BCUT2D eigenvalue weighted by Gasteiger charge is -2.18. The van der Waals surface area contributed by atoms with Crippen molar-refractivity contribution in [3.8, 4) is 0 Å². The van der Waals surface area contributed by atoms with Gasteiger partial charge in [-0.2, -0.15) is 0 Å². The highest BCUT2D eigenvalue weighted by atomic mass is 16.6. The Bertz CT molecular complexity index is 1640. The normalized spacial score (nSPS) is 12.8. The first kappa shape index (κ1) is 78.1. The summed E-state index contributed by atoms with van der Waals surface area (Å²) in [6.07, 6.45) is 95.3. The van der Waals surface area contributed by atoms with Crippen molar-refractivity contribution in [2.75, 3.05) is 13.2 Å². The first-order valence-corrected chi connectivity index (χ1v) is 34.9. The fourth-order valence-corrected chi connectivity index (χ4v) is 9.81. The Morgan fingerprint density at radius 2 is 0.476 bits per heavy atom. The number of esters is 3. The predicted octanol–water partition coefficient (Wildman–Crippen LogP) is 24.2. The Hall–Kier alpha value is -3.93. The molecule has 0 bridgehead atoms. The molecule has 0 aromatic carbocycles. The molecule has 0 rings (SSSR count). The minimum Gasteiger partial charge on any atom is -0.462 e. The van der Waals surface area contributed by atoms with Crippen molar-refractivity contribution in [1.82, 2.24) is 0 Å². The maximum atomic E-state index is 13.0. The molecule has 0 saturated carbocycles. The molecule has 1 atom stereocenters. The first-order valence-electron chi connectivity index (χ1n) is 34.9. The van der Waals surface area contributed by atoms with E-state index in [0.717, 1.165) is 116 Å². The summed E-state index contributed by atoms with van der Waals surface area (Å²) in [6.45, 7) is 6.53. The molecule has 0 aromatic rings. The predicted molar refractivity (Wildman–Crippen MR) is 357 cm³/mol. The highest BCUT2D eigenvalue weighted by Crippen LogP contribution is 2.17. The van der Waals surface area contributed by atoms with Gasteiger partial charge in [0.05, 0.1) is 0 Å². The van der Waals surface area contributed by atoms with E-state index in [4.69, 9.17) is 14.2 Å². The monoisotopic (exact) mass is 1140 g/mol. The summed E-state index contributed by atoms with van der Waals surface area (Å²) in [7, 11) is 0. The Kier molecular flexibility index (Phi) is 66.2. The Balaban J connectivity index is 4.31. The van der Waals surface area contributed by atoms with Gasteiger partial charge in [-0.1, -0.05) is 316 Å². The maximum Gasteiger partial charge on any atom is 0.306 e. The molecule has 1 unspecified atom stereocenters. The number of ether oxygens (including phenoxy) is 3. The highest BCUT2D eigenvalue weighted by Gasteiger charge is 2.19. The molecule has 470 valence electrons. The molecule has 0 saturated heterocycles. The summed E-state index contributed by atoms with van der Waals surface area (Å²) in [4.78, 5) is 38.4. The third kappa shape index (κ3) is 66.9. The van der Waals surface area contributed by atoms with Crippen LogP contribution in [0.1, 0.15) is 335 Å². The highest BCUT2D eigenvalue weighted by molar-refractivity contribution is 5.71. The molecule has 0 heterocycles. The van der Waals surface area contributed by atoms with Crippen LogP contribution in [0.4, 0.5) is 0 Å². The van der Waals surface area contributed by atoms with Crippen molar-refractivity contribution in [3.05, 3.63) is 109 Å². The second-order valence-corrected chi connectivity index (χ2v) is 23.1. The van der Waals surface area contributed by atoms with Crippen LogP contribution in [-0.2, 0) is 28.6 Å². The van der Waals surface area contributed by atoms with E-state index in [2.05, 4.69) is 130 Å². The number of hydrogen-bond acceptors (Lipinski definition) is 6. The van der Waals surface area contributed by atoms with E-state index in [1.54, 1.807) is 0 Å². The average molecular weight is 1140 g/mol. The van der Waals surface area contributed by atoms with Gasteiger partial charge in [0.2, 0.25) is 0 Å². The number of unbranched alkanes of at least 4 members (excludes halogenated alkanes) is 34. The zero-order valence-electron chi connectivity index (χ0n) is 54.0. The van der Waals surface area contributed by atoms with E-state index in [9.17, 15) is 14.4 Å². The summed E-state index contributed by atoms with van der Waals surface area (Å²) in [6, 6.07) is 0. The topological polar surface area (TPSA) is 78.9 Å². The van der Waals surface area contributed by atoms with Gasteiger partial charge in [-0.15, -0.1) is 0 Å². The number of carbonyl (C=O) groups excluding carboxylic acids is 3. The lowest BCUT2D eigenvalue weighted by molar-refractivity contribution is -0.167. The van der Waals surface area contributed by atoms with Gasteiger partial charge in [-0.3, -0.25) is 14.4 Å². The van der Waals surface area contributed by atoms with E-state index in [1.807, 2.05) is 0 Å². The molecule has 0 spiro atoms. The lowest BCUT2D eigenvalue weighted by Crippen LogP contribution is -2.30. The second kappa shape index (κ2) is 69.6. The van der Waals surface area contributed by atoms with Gasteiger partial charge in [-0.05, 0) is 109 Å². The van der Waals surface area contributed by atoms with Gasteiger partial charge in [0.15, 0.2) is 6.10 Å². The average Bonchev–Trinajstić information content (AvgIpc) is 3.47. The molecular weight excluding hydrogens is 1010 g/mol. The van der Waals surface area contributed by atoms with Crippen LogP contribution in [0.5, 0.6) is 0 Å². The van der Waals surface area contributed by atoms with E-state index in [1.165, 1.54) is 180 Å². The number of carbonyl (C=O) groups is 3. The quantitative estimate of drug-likeness (QED) is 0.0261. The van der Waals surface area contributed by atoms with Crippen LogP contribution in [-0.4, -0.2) is 37.2 Å².